The van der Waals surface area contributed by atoms with Crippen molar-refractivity contribution in [3.8, 4) is 5.75 Å². The fourth-order valence-corrected chi connectivity index (χ4v) is 2.11. The lowest BCUT2D eigenvalue weighted by Gasteiger charge is -2.06. The van der Waals surface area contributed by atoms with Gasteiger partial charge in [0.05, 0.1) is 11.7 Å². The van der Waals surface area contributed by atoms with Gasteiger partial charge in [-0.3, -0.25) is 5.43 Å². The van der Waals surface area contributed by atoms with Crippen molar-refractivity contribution in [1.82, 2.24) is 9.97 Å². The Morgan fingerprint density at radius 2 is 1.96 bits per heavy atom. The molecule has 120 valence electrons. The van der Waals surface area contributed by atoms with Gasteiger partial charge in [-0.05, 0) is 24.3 Å². The van der Waals surface area contributed by atoms with Gasteiger partial charge in [-0.15, -0.1) is 0 Å². The number of nitrogens with zero attached hydrogens (tertiary/aromatic N) is 3. The molecule has 0 atom stereocenters. The second-order valence-corrected chi connectivity index (χ2v) is 4.83. The van der Waals surface area contributed by atoms with Crippen LogP contribution in [0.3, 0.4) is 0 Å². The molecule has 0 aliphatic heterocycles. The highest BCUT2D eigenvalue weighted by Gasteiger charge is 2.04. The number of hydrogen-bond donors (Lipinski definition) is 2. The second-order valence-electron chi connectivity index (χ2n) is 4.83. The minimum absolute atomic E-state index is 0.408. The predicted octanol–water partition coefficient (Wildman–Crippen LogP) is 2.54. The van der Waals surface area contributed by atoms with Gasteiger partial charge in [-0.25, -0.2) is 14.8 Å². The fourth-order valence-electron chi connectivity index (χ4n) is 2.11. The molecule has 1 heterocycles. The molecule has 24 heavy (non-hydrogen) atoms. The summed E-state index contributed by atoms with van der Waals surface area (Å²) < 4.78 is 5.23. The first kappa shape index (κ1) is 15.4. The molecule has 7 heteroatoms. The van der Waals surface area contributed by atoms with Crippen molar-refractivity contribution in [1.29, 1.82) is 0 Å². The standard InChI is InChI=1S/C17H14N4O3/c22-16(23)10-24-15-8-4-1-5-12(15)9-20-21-17-13-6-2-3-7-14(13)18-11-19-17/h1-9,11H,10H2,(H,22,23)(H,18,19,21). The van der Waals surface area contributed by atoms with Crippen LogP contribution in [0.2, 0.25) is 0 Å². The van der Waals surface area contributed by atoms with Crippen LogP contribution in [0.1, 0.15) is 5.56 Å². The van der Waals surface area contributed by atoms with Gasteiger partial charge in [-0.2, -0.15) is 5.10 Å². The van der Waals surface area contributed by atoms with E-state index in [1.165, 1.54) is 6.33 Å². The summed E-state index contributed by atoms with van der Waals surface area (Å²) in [6.45, 7) is -0.408. The lowest BCUT2D eigenvalue weighted by molar-refractivity contribution is -0.139. The lowest BCUT2D eigenvalue weighted by Crippen LogP contribution is -2.10. The number of hydrazone groups is 1. The molecule has 2 aromatic carbocycles. The number of carboxylic acid groups (broad SMARTS) is 1. The number of carboxylic acids is 1. The van der Waals surface area contributed by atoms with E-state index in [0.717, 1.165) is 10.9 Å². The van der Waals surface area contributed by atoms with Crippen LogP contribution in [0.4, 0.5) is 5.82 Å². The van der Waals surface area contributed by atoms with Crippen LogP contribution in [-0.4, -0.2) is 33.9 Å². The van der Waals surface area contributed by atoms with Crippen LogP contribution in [0.5, 0.6) is 5.75 Å². The molecule has 0 bridgehead atoms. The first-order valence-corrected chi connectivity index (χ1v) is 7.16. The van der Waals surface area contributed by atoms with Crippen molar-refractivity contribution in [3.05, 3.63) is 60.4 Å². The predicted molar refractivity (Wildman–Crippen MR) is 90.3 cm³/mol. The Hall–Kier alpha value is -3.48. The van der Waals surface area contributed by atoms with Gasteiger partial charge in [0.15, 0.2) is 12.4 Å². The molecule has 0 spiro atoms. The van der Waals surface area contributed by atoms with Crippen LogP contribution >= 0.6 is 0 Å². The molecule has 3 rings (SSSR count). The minimum Gasteiger partial charge on any atom is -0.481 e. The molecule has 7 nitrogen and oxygen atoms in total. The number of rotatable bonds is 6. The third-order valence-corrected chi connectivity index (χ3v) is 3.19. The number of aliphatic carboxylic acids is 1. The van der Waals surface area contributed by atoms with Crippen molar-refractivity contribution in [2.45, 2.75) is 0 Å². The van der Waals surface area contributed by atoms with E-state index in [2.05, 4.69) is 20.5 Å². The molecule has 0 saturated heterocycles. The Morgan fingerprint density at radius 3 is 2.83 bits per heavy atom. The Balaban J connectivity index is 1.78. The summed E-state index contributed by atoms with van der Waals surface area (Å²) in [5, 5.41) is 13.7. The van der Waals surface area contributed by atoms with Crippen molar-refractivity contribution in [3.63, 3.8) is 0 Å². The highest BCUT2D eigenvalue weighted by Crippen LogP contribution is 2.19. The molecular formula is C17H14N4O3. The Labute approximate surface area is 137 Å². The Bertz CT molecular complexity index is 890. The minimum atomic E-state index is -1.03. The zero-order valence-corrected chi connectivity index (χ0v) is 12.6. The number of ether oxygens (including phenoxy) is 1. The van der Waals surface area contributed by atoms with Crippen molar-refractivity contribution < 1.29 is 14.6 Å². The maximum Gasteiger partial charge on any atom is 0.341 e. The van der Waals surface area contributed by atoms with Crippen LogP contribution in [0.15, 0.2) is 60.0 Å². The molecule has 0 aliphatic rings. The summed E-state index contributed by atoms with van der Waals surface area (Å²) in [4.78, 5) is 19.0. The average Bonchev–Trinajstić information content (AvgIpc) is 2.61. The third kappa shape index (κ3) is 3.64. The lowest BCUT2D eigenvalue weighted by atomic mass is 10.2. The SMILES string of the molecule is O=C(O)COc1ccccc1C=NNc1ncnc2ccccc12. The number of carbonyl (C=O) groups is 1. The van der Waals surface area contributed by atoms with E-state index in [9.17, 15) is 4.79 Å². The molecule has 3 aromatic rings. The first-order chi connectivity index (χ1) is 11.7. The number of nitrogens with one attached hydrogen (secondary N) is 1. The average molecular weight is 322 g/mol. The van der Waals surface area contributed by atoms with E-state index in [1.807, 2.05) is 30.3 Å². The van der Waals surface area contributed by atoms with Crippen LogP contribution < -0.4 is 10.2 Å². The summed E-state index contributed by atoms with van der Waals surface area (Å²) in [6.07, 6.45) is 3.01. The summed E-state index contributed by atoms with van der Waals surface area (Å²) in [6, 6.07) is 14.6. The molecule has 0 amide bonds. The van der Waals surface area contributed by atoms with Crippen molar-refractivity contribution in [2.24, 2.45) is 5.10 Å². The quantitative estimate of drug-likeness (QED) is 0.535. The van der Waals surface area contributed by atoms with Gasteiger partial charge in [0, 0.05) is 10.9 Å². The van der Waals surface area contributed by atoms with Crippen molar-refractivity contribution in [2.75, 3.05) is 12.0 Å². The van der Waals surface area contributed by atoms with E-state index < -0.39 is 12.6 Å². The van der Waals surface area contributed by atoms with Gasteiger partial charge in [-0.1, -0.05) is 24.3 Å². The third-order valence-electron chi connectivity index (χ3n) is 3.19. The molecule has 2 N–H and O–H groups in total. The summed E-state index contributed by atoms with van der Waals surface area (Å²) >= 11 is 0. The molecule has 0 saturated carbocycles. The van der Waals surface area contributed by atoms with Gasteiger partial charge in [0.25, 0.3) is 0 Å². The maximum absolute atomic E-state index is 10.6. The van der Waals surface area contributed by atoms with Crippen molar-refractivity contribution >= 4 is 28.9 Å². The Morgan fingerprint density at radius 1 is 1.17 bits per heavy atom. The highest BCUT2D eigenvalue weighted by atomic mass is 16.5. The van der Waals surface area contributed by atoms with E-state index >= 15 is 0 Å². The number of para-hydroxylation sites is 2. The molecular weight excluding hydrogens is 308 g/mol. The number of anilines is 1. The summed E-state index contributed by atoms with van der Waals surface area (Å²) in [5.74, 6) is -0.00824. The first-order valence-electron chi connectivity index (χ1n) is 7.16. The monoisotopic (exact) mass is 322 g/mol. The molecule has 0 fully saturated rings. The smallest absolute Gasteiger partial charge is 0.341 e. The van der Waals surface area contributed by atoms with E-state index in [0.29, 0.717) is 17.1 Å². The molecule has 0 aliphatic carbocycles. The largest absolute Gasteiger partial charge is 0.481 e. The topological polar surface area (TPSA) is 96.7 Å². The highest BCUT2D eigenvalue weighted by molar-refractivity contribution is 5.89. The van der Waals surface area contributed by atoms with Gasteiger partial charge in [0.1, 0.15) is 12.1 Å². The van der Waals surface area contributed by atoms with Gasteiger partial charge < -0.3 is 9.84 Å². The normalized spacial score (nSPS) is 10.8. The molecule has 0 unspecified atom stereocenters. The Kier molecular flexibility index (Phi) is 4.62. The maximum atomic E-state index is 10.6. The van der Waals surface area contributed by atoms with Gasteiger partial charge >= 0.3 is 5.97 Å². The van der Waals surface area contributed by atoms with E-state index in [4.69, 9.17) is 9.84 Å². The zero-order valence-electron chi connectivity index (χ0n) is 12.6. The summed E-state index contributed by atoms with van der Waals surface area (Å²) in [5.41, 5.74) is 4.35. The zero-order chi connectivity index (χ0) is 16.8. The van der Waals surface area contributed by atoms with E-state index in [1.54, 1.807) is 24.4 Å². The van der Waals surface area contributed by atoms with Crippen LogP contribution in [0.25, 0.3) is 10.9 Å². The van der Waals surface area contributed by atoms with Crippen LogP contribution in [0, 0.1) is 0 Å². The number of benzene rings is 2. The molecule has 0 radical (unpaired) electrons. The van der Waals surface area contributed by atoms with E-state index in [-0.39, 0.29) is 0 Å². The summed E-state index contributed by atoms with van der Waals surface area (Å²) in [7, 11) is 0. The number of hydrogen-bond acceptors (Lipinski definition) is 6. The molecule has 1 aromatic heterocycles. The fraction of sp³-hybridized carbons (Fsp3) is 0.0588. The van der Waals surface area contributed by atoms with Gasteiger partial charge in [0.2, 0.25) is 0 Å². The van der Waals surface area contributed by atoms with Crippen LogP contribution in [-0.2, 0) is 4.79 Å². The second kappa shape index (κ2) is 7.19. The number of aromatic nitrogens is 2. The number of fused-ring (bicyclic) bond motifs is 1.